The number of thioether (sulfide) groups is 1. The zero-order valence-electron chi connectivity index (χ0n) is 12.9. The summed E-state index contributed by atoms with van der Waals surface area (Å²) >= 11 is 7.20. The predicted octanol–water partition coefficient (Wildman–Crippen LogP) is 2.38. The number of halogens is 1. The number of nitrogens with zero attached hydrogens (tertiary/aromatic N) is 3. The Kier molecular flexibility index (Phi) is 7.38. The quantitative estimate of drug-likeness (QED) is 0.553. The van der Waals surface area contributed by atoms with Crippen LogP contribution in [0, 0.1) is 0 Å². The van der Waals surface area contributed by atoms with Gasteiger partial charge in [0.1, 0.15) is 6.33 Å². The van der Waals surface area contributed by atoms with Crippen LogP contribution in [0.1, 0.15) is 12.0 Å². The molecular weight excluding hydrogens is 336 g/mol. The second kappa shape index (κ2) is 9.54. The number of carbonyl (C=O) groups excluding carboxylic acids is 1. The number of benzene rings is 1. The summed E-state index contributed by atoms with van der Waals surface area (Å²) in [5, 5.41) is 12.2. The van der Waals surface area contributed by atoms with Crippen molar-refractivity contribution in [1.82, 2.24) is 20.1 Å². The maximum Gasteiger partial charge on any atom is 0.230 e. The number of amides is 1. The van der Waals surface area contributed by atoms with Crippen molar-refractivity contribution in [3.05, 3.63) is 41.2 Å². The molecule has 0 saturated carbocycles. The molecule has 0 bridgehead atoms. The Labute approximate surface area is 144 Å². The van der Waals surface area contributed by atoms with E-state index in [4.69, 9.17) is 16.3 Å². The Hall–Kier alpha value is -1.57. The van der Waals surface area contributed by atoms with Crippen LogP contribution in [0.2, 0.25) is 5.02 Å². The van der Waals surface area contributed by atoms with Gasteiger partial charge in [-0.15, -0.1) is 10.2 Å². The Morgan fingerprint density at radius 2 is 2.17 bits per heavy atom. The van der Waals surface area contributed by atoms with E-state index >= 15 is 0 Å². The molecule has 2 aromatic rings. The van der Waals surface area contributed by atoms with E-state index in [1.807, 2.05) is 16.7 Å². The van der Waals surface area contributed by atoms with Gasteiger partial charge in [-0.3, -0.25) is 4.79 Å². The van der Waals surface area contributed by atoms with E-state index in [1.54, 1.807) is 25.6 Å². The lowest BCUT2D eigenvalue weighted by molar-refractivity contribution is -0.118. The van der Waals surface area contributed by atoms with Crippen LogP contribution >= 0.6 is 23.4 Å². The number of carbonyl (C=O) groups is 1. The molecule has 6 nitrogen and oxygen atoms in total. The number of hydrogen-bond donors (Lipinski definition) is 1. The van der Waals surface area contributed by atoms with E-state index in [0.29, 0.717) is 23.9 Å². The highest BCUT2D eigenvalue weighted by molar-refractivity contribution is 7.99. The number of aromatic nitrogens is 3. The standard InChI is InChI=1S/C15H19ClN4O2S/c1-22-8-2-7-20-11-18-19-15(20)23-10-14(21)17-9-12-3-5-13(16)6-4-12/h3-6,11H,2,7-10H2,1H3,(H,17,21). The van der Waals surface area contributed by atoms with E-state index in [0.717, 1.165) is 23.7 Å². The number of methoxy groups -OCH3 is 1. The smallest absolute Gasteiger partial charge is 0.230 e. The van der Waals surface area contributed by atoms with Gasteiger partial charge in [-0.25, -0.2) is 0 Å². The van der Waals surface area contributed by atoms with E-state index in [-0.39, 0.29) is 5.91 Å². The molecule has 1 amide bonds. The van der Waals surface area contributed by atoms with Gasteiger partial charge in [-0.2, -0.15) is 0 Å². The lowest BCUT2D eigenvalue weighted by Crippen LogP contribution is -2.24. The van der Waals surface area contributed by atoms with Crippen molar-refractivity contribution in [1.29, 1.82) is 0 Å². The molecule has 0 aliphatic heterocycles. The first-order valence-electron chi connectivity index (χ1n) is 7.19. The molecule has 2 rings (SSSR count). The molecule has 0 unspecified atom stereocenters. The average molecular weight is 355 g/mol. The molecule has 0 aliphatic rings. The molecule has 124 valence electrons. The van der Waals surface area contributed by atoms with Gasteiger partial charge in [0.15, 0.2) is 5.16 Å². The average Bonchev–Trinajstić information content (AvgIpc) is 3.00. The lowest BCUT2D eigenvalue weighted by Gasteiger charge is -2.07. The van der Waals surface area contributed by atoms with Crippen molar-refractivity contribution >= 4 is 29.3 Å². The van der Waals surface area contributed by atoms with Crippen molar-refractivity contribution in [2.75, 3.05) is 19.5 Å². The molecule has 0 radical (unpaired) electrons. The third-order valence-corrected chi connectivity index (χ3v) is 4.30. The highest BCUT2D eigenvalue weighted by Crippen LogP contribution is 2.15. The molecule has 1 aromatic heterocycles. The minimum absolute atomic E-state index is 0.0450. The zero-order valence-corrected chi connectivity index (χ0v) is 14.4. The number of nitrogens with one attached hydrogen (secondary N) is 1. The van der Waals surface area contributed by atoms with Crippen molar-refractivity contribution in [3.63, 3.8) is 0 Å². The summed E-state index contributed by atoms with van der Waals surface area (Å²) in [6.45, 7) is 1.94. The van der Waals surface area contributed by atoms with Crippen molar-refractivity contribution < 1.29 is 9.53 Å². The largest absolute Gasteiger partial charge is 0.385 e. The lowest BCUT2D eigenvalue weighted by atomic mass is 10.2. The number of hydrogen-bond acceptors (Lipinski definition) is 5. The zero-order chi connectivity index (χ0) is 16.5. The summed E-state index contributed by atoms with van der Waals surface area (Å²) in [4.78, 5) is 11.9. The van der Waals surface area contributed by atoms with Gasteiger partial charge in [0.2, 0.25) is 5.91 Å². The minimum Gasteiger partial charge on any atom is -0.385 e. The van der Waals surface area contributed by atoms with Gasteiger partial charge < -0.3 is 14.6 Å². The molecule has 0 spiro atoms. The van der Waals surface area contributed by atoms with Crippen LogP contribution in [0.3, 0.4) is 0 Å². The van der Waals surface area contributed by atoms with E-state index in [9.17, 15) is 4.79 Å². The Morgan fingerprint density at radius 1 is 1.39 bits per heavy atom. The molecule has 1 N–H and O–H groups in total. The van der Waals surface area contributed by atoms with E-state index in [2.05, 4.69) is 15.5 Å². The summed E-state index contributed by atoms with van der Waals surface area (Å²) in [6, 6.07) is 7.39. The monoisotopic (exact) mass is 354 g/mol. The van der Waals surface area contributed by atoms with Gasteiger partial charge >= 0.3 is 0 Å². The van der Waals surface area contributed by atoms with Crippen LogP contribution in [0.4, 0.5) is 0 Å². The first-order chi connectivity index (χ1) is 11.2. The Morgan fingerprint density at radius 3 is 2.91 bits per heavy atom. The Bertz CT molecular complexity index is 618. The summed E-state index contributed by atoms with van der Waals surface area (Å²) in [6.07, 6.45) is 2.55. The number of rotatable bonds is 9. The summed E-state index contributed by atoms with van der Waals surface area (Å²) < 4.78 is 6.95. The van der Waals surface area contributed by atoms with Crippen molar-refractivity contribution in [2.24, 2.45) is 0 Å². The molecule has 0 fully saturated rings. The summed E-state index contributed by atoms with van der Waals surface area (Å²) in [5.41, 5.74) is 1.01. The molecule has 23 heavy (non-hydrogen) atoms. The van der Waals surface area contributed by atoms with E-state index in [1.165, 1.54) is 11.8 Å². The topological polar surface area (TPSA) is 69.0 Å². The van der Waals surface area contributed by atoms with Gasteiger partial charge in [-0.05, 0) is 24.1 Å². The highest BCUT2D eigenvalue weighted by atomic mass is 35.5. The third kappa shape index (κ3) is 6.21. The SMILES string of the molecule is COCCCn1cnnc1SCC(=O)NCc1ccc(Cl)cc1. The van der Waals surface area contributed by atoms with Crippen LogP contribution < -0.4 is 5.32 Å². The fourth-order valence-corrected chi connectivity index (χ4v) is 2.77. The minimum atomic E-state index is -0.0450. The van der Waals surface area contributed by atoms with Crippen LogP contribution in [-0.2, 0) is 22.6 Å². The van der Waals surface area contributed by atoms with E-state index < -0.39 is 0 Å². The molecule has 0 atom stereocenters. The van der Waals surface area contributed by atoms with Gasteiger partial charge in [-0.1, -0.05) is 35.5 Å². The molecular formula is C15H19ClN4O2S. The van der Waals surface area contributed by atoms with Crippen molar-refractivity contribution in [3.8, 4) is 0 Å². The van der Waals surface area contributed by atoms with Gasteiger partial charge in [0.25, 0.3) is 0 Å². The first kappa shape index (κ1) is 17.8. The molecule has 1 aromatic carbocycles. The van der Waals surface area contributed by atoms with Gasteiger partial charge in [0, 0.05) is 31.8 Å². The van der Waals surface area contributed by atoms with Crippen LogP contribution in [-0.4, -0.2) is 40.1 Å². The first-order valence-corrected chi connectivity index (χ1v) is 8.56. The maximum atomic E-state index is 11.9. The molecule has 0 aliphatic carbocycles. The van der Waals surface area contributed by atoms with Crippen LogP contribution in [0.15, 0.2) is 35.7 Å². The maximum absolute atomic E-state index is 11.9. The van der Waals surface area contributed by atoms with Crippen LogP contribution in [0.5, 0.6) is 0 Å². The molecule has 8 heteroatoms. The Balaban J connectivity index is 1.74. The van der Waals surface area contributed by atoms with Gasteiger partial charge in [0.05, 0.1) is 5.75 Å². The predicted molar refractivity (Wildman–Crippen MR) is 90.5 cm³/mol. The summed E-state index contributed by atoms with van der Waals surface area (Å²) in [7, 11) is 1.67. The molecule has 1 heterocycles. The fourth-order valence-electron chi connectivity index (χ4n) is 1.87. The number of aryl methyl sites for hydroxylation is 1. The normalized spacial score (nSPS) is 10.7. The fraction of sp³-hybridized carbons (Fsp3) is 0.400. The van der Waals surface area contributed by atoms with Crippen molar-refractivity contribution in [2.45, 2.75) is 24.7 Å². The second-order valence-corrected chi connectivity index (χ2v) is 6.22. The highest BCUT2D eigenvalue weighted by Gasteiger charge is 2.08. The third-order valence-electron chi connectivity index (χ3n) is 3.06. The number of ether oxygens (including phenoxy) is 1. The molecule has 0 saturated heterocycles. The summed E-state index contributed by atoms with van der Waals surface area (Å²) in [5.74, 6) is 0.257. The second-order valence-electron chi connectivity index (χ2n) is 4.85. The van der Waals surface area contributed by atoms with Crippen LogP contribution in [0.25, 0.3) is 0 Å².